The third-order valence-corrected chi connectivity index (χ3v) is 2.92. The summed E-state index contributed by atoms with van der Waals surface area (Å²) in [5.74, 6) is -1.03. The smallest absolute Gasteiger partial charge is 0.354 e. The van der Waals surface area contributed by atoms with Crippen LogP contribution in [0.3, 0.4) is 0 Å². The van der Waals surface area contributed by atoms with Gasteiger partial charge in [-0.05, 0) is 12.5 Å². The Labute approximate surface area is 96.9 Å². The summed E-state index contributed by atoms with van der Waals surface area (Å²) in [7, 11) is 0. The molecule has 1 unspecified atom stereocenters. The van der Waals surface area contributed by atoms with E-state index in [1.165, 1.54) is 6.20 Å². The molecule has 1 saturated heterocycles. The summed E-state index contributed by atoms with van der Waals surface area (Å²) in [5, 5.41) is 8.90. The number of hydrogen-bond acceptors (Lipinski definition) is 4. The van der Waals surface area contributed by atoms with Crippen LogP contribution in [0, 0.1) is 0 Å². The Morgan fingerprint density at radius 2 is 2.41 bits per heavy atom. The second-order valence-electron chi connectivity index (χ2n) is 4.04. The highest BCUT2D eigenvalue weighted by Gasteiger charge is 2.19. The number of ether oxygens (including phenoxy) is 1. The van der Waals surface area contributed by atoms with Crippen LogP contribution in [-0.2, 0) is 11.3 Å². The molecule has 3 heterocycles. The standard InChI is InChI=1S/C11H11N3O3/c15-11(16)8-3-10-9(4-12-8)13-6-14(10)5-7-1-2-17-7/h3-4,6-7H,1-2,5H2,(H,15,16). The fourth-order valence-corrected chi connectivity index (χ4v) is 1.87. The topological polar surface area (TPSA) is 77.2 Å². The van der Waals surface area contributed by atoms with E-state index >= 15 is 0 Å². The van der Waals surface area contributed by atoms with Crippen LogP contribution in [0.2, 0.25) is 0 Å². The van der Waals surface area contributed by atoms with E-state index in [1.807, 2.05) is 4.57 Å². The van der Waals surface area contributed by atoms with Crippen molar-refractivity contribution in [1.82, 2.24) is 14.5 Å². The zero-order chi connectivity index (χ0) is 11.8. The van der Waals surface area contributed by atoms with E-state index in [2.05, 4.69) is 9.97 Å². The number of hydrogen-bond donors (Lipinski definition) is 1. The average Bonchev–Trinajstić information content (AvgIpc) is 2.65. The molecule has 3 rings (SSSR count). The second kappa shape index (κ2) is 3.81. The van der Waals surface area contributed by atoms with Crippen LogP contribution in [0.5, 0.6) is 0 Å². The molecule has 1 atom stereocenters. The van der Waals surface area contributed by atoms with Gasteiger partial charge in [0.15, 0.2) is 0 Å². The zero-order valence-electron chi connectivity index (χ0n) is 9.04. The van der Waals surface area contributed by atoms with Crippen LogP contribution < -0.4 is 0 Å². The summed E-state index contributed by atoms with van der Waals surface area (Å²) in [5.41, 5.74) is 1.52. The average molecular weight is 233 g/mol. The Morgan fingerprint density at radius 1 is 1.59 bits per heavy atom. The number of fused-ring (bicyclic) bond motifs is 1. The van der Waals surface area contributed by atoms with Gasteiger partial charge in [0.2, 0.25) is 0 Å². The van der Waals surface area contributed by atoms with Gasteiger partial charge in [-0.25, -0.2) is 14.8 Å². The molecular formula is C11H11N3O3. The summed E-state index contributed by atoms with van der Waals surface area (Å²) in [6.07, 6.45) is 4.43. The van der Waals surface area contributed by atoms with Crippen molar-refractivity contribution in [1.29, 1.82) is 0 Å². The largest absolute Gasteiger partial charge is 0.477 e. The number of carbonyl (C=O) groups is 1. The van der Waals surface area contributed by atoms with Crippen LogP contribution in [0.1, 0.15) is 16.9 Å². The van der Waals surface area contributed by atoms with Gasteiger partial charge in [0.05, 0.1) is 30.7 Å². The molecule has 1 fully saturated rings. The molecule has 0 spiro atoms. The molecule has 0 aromatic carbocycles. The Balaban J connectivity index is 1.99. The summed E-state index contributed by atoms with van der Waals surface area (Å²) < 4.78 is 7.26. The van der Waals surface area contributed by atoms with E-state index in [-0.39, 0.29) is 11.8 Å². The zero-order valence-corrected chi connectivity index (χ0v) is 9.04. The van der Waals surface area contributed by atoms with Crippen molar-refractivity contribution >= 4 is 17.0 Å². The first-order chi connectivity index (χ1) is 8.24. The molecule has 2 aromatic rings. The van der Waals surface area contributed by atoms with Gasteiger partial charge < -0.3 is 14.4 Å². The Bertz CT molecular complexity index is 574. The van der Waals surface area contributed by atoms with Crippen molar-refractivity contribution in [2.24, 2.45) is 0 Å². The number of aromatic carboxylic acids is 1. The van der Waals surface area contributed by atoms with Crippen LogP contribution in [0.4, 0.5) is 0 Å². The van der Waals surface area contributed by atoms with E-state index in [0.717, 1.165) is 18.5 Å². The quantitative estimate of drug-likeness (QED) is 0.852. The van der Waals surface area contributed by atoms with Gasteiger partial charge in [-0.2, -0.15) is 0 Å². The predicted octanol–water partition coefficient (Wildman–Crippen LogP) is 0.918. The molecule has 0 saturated carbocycles. The first-order valence-corrected chi connectivity index (χ1v) is 5.40. The van der Waals surface area contributed by atoms with Crippen LogP contribution >= 0.6 is 0 Å². The van der Waals surface area contributed by atoms with Gasteiger partial charge in [0, 0.05) is 6.61 Å². The van der Waals surface area contributed by atoms with E-state index in [1.54, 1.807) is 12.4 Å². The van der Waals surface area contributed by atoms with Crippen molar-refractivity contribution in [3.8, 4) is 0 Å². The molecule has 0 amide bonds. The van der Waals surface area contributed by atoms with E-state index in [0.29, 0.717) is 12.1 Å². The van der Waals surface area contributed by atoms with Crippen molar-refractivity contribution in [3.05, 3.63) is 24.3 Å². The molecule has 0 bridgehead atoms. The maximum atomic E-state index is 10.9. The van der Waals surface area contributed by atoms with E-state index < -0.39 is 5.97 Å². The Hall–Kier alpha value is -1.95. The van der Waals surface area contributed by atoms with Gasteiger partial charge in [-0.1, -0.05) is 0 Å². The van der Waals surface area contributed by atoms with Crippen molar-refractivity contribution < 1.29 is 14.6 Å². The molecule has 1 N–H and O–H groups in total. The summed E-state index contributed by atoms with van der Waals surface area (Å²) in [4.78, 5) is 18.9. The third kappa shape index (κ3) is 1.76. The maximum absolute atomic E-state index is 10.9. The highest BCUT2D eigenvalue weighted by Crippen LogP contribution is 2.18. The third-order valence-electron chi connectivity index (χ3n) is 2.92. The van der Waals surface area contributed by atoms with Crippen LogP contribution in [0.25, 0.3) is 11.0 Å². The van der Waals surface area contributed by atoms with Crippen molar-refractivity contribution in [2.75, 3.05) is 6.61 Å². The molecule has 1 aliphatic rings. The number of carboxylic acid groups (broad SMARTS) is 1. The SMILES string of the molecule is O=C(O)c1cc2c(cn1)ncn2CC1CCO1. The van der Waals surface area contributed by atoms with Crippen molar-refractivity contribution in [3.63, 3.8) is 0 Å². The fourth-order valence-electron chi connectivity index (χ4n) is 1.87. The lowest BCUT2D eigenvalue weighted by Gasteiger charge is -2.26. The summed E-state index contributed by atoms with van der Waals surface area (Å²) >= 11 is 0. The molecule has 17 heavy (non-hydrogen) atoms. The minimum atomic E-state index is -1.03. The van der Waals surface area contributed by atoms with Gasteiger partial charge in [-0.15, -0.1) is 0 Å². The molecule has 6 nitrogen and oxygen atoms in total. The van der Waals surface area contributed by atoms with Gasteiger partial charge >= 0.3 is 5.97 Å². The minimum absolute atomic E-state index is 0.0359. The Morgan fingerprint density at radius 3 is 3.06 bits per heavy atom. The fraction of sp³-hybridized carbons (Fsp3) is 0.364. The second-order valence-corrected chi connectivity index (χ2v) is 4.04. The predicted molar refractivity (Wildman–Crippen MR) is 58.8 cm³/mol. The number of pyridine rings is 1. The summed E-state index contributed by atoms with van der Waals surface area (Å²) in [6.45, 7) is 1.51. The summed E-state index contributed by atoms with van der Waals surface area (Å²) in [6, 6.07) is 1.54. The minimum Gasteiger partial charge on any atom is -0.477 e. The molecule has 2 aromatic heterocycles. The van der Waals surface area contributed by atoms with Crippen molar-refractivity contribution in [2.45, 2.75) is 19.1 Å². The normalized spacial score (nSPS) is 19.2. The molecule has 0 radical (unpaired) electrons. The monoisotopic (exact) mass is 233 g/mol. The lowest BCUT2D eigenvalue weighted by molar-refractivity contribution is -0.0586. The lowest BCUT2D eigenvalue weighted by atomic mass is 10.2. The van der Waals surface area contributed by atoms with Gasteiger partial charge in [-0.3, -0.25) is 0 Å². The van der Waals surface area contributed by atoms with Gasteiger partial charge in [0.1, 0.15) is 11.2 Å². The number of rotatable bonds is 3. The number of carboxylic acids is 1. The maximum Gasteiger partial charge on any atom is 0.354 e. The molecule has 0 aliphatic carbocycles. The Kier molecular flexibility index (Phi) is 2.29. The van der Waals surface area contributed by atoms with Crippen LogP contribution in [0.15, 0.2) is 18.6 Å². The first kappa shape index (κ1) is 10.2. The van der Waals surface area contributed by atoms with E-state index in [9.17, 15) is 4.79 Å². The highest BCUT2D eigenvalue weighted by atomic mass is 16.5. The first-order valence-electron chi connectivity index (χ1n) is 5.40. The number of imidazole rings is 1. The molecule has 6 heteroatoms. The van der Waals surface area contributed by atoms with Crippen LogP contribution in [-0.4, -0.2) is 38.3 Å². The molecule has 88 valence electrons. The lowest BCUT2D eigenvalue weighted by Crippen LogP contribution is -2.30. The van der Waals surface area contributed by atoms with E-state index in [4.69, 9.17) is 9.84 Å². The number of nitrogens with zero attached hydrogens (tertiary/aromatic N) is 3. The molecular weight excluding hydrogens is 222 g/mol. The highest BCUT2D eigenvalue weighted by molar-refractivity contribution is 5.89. The molecule has 1 aliphatic heterocycles. The van der Waals surface area contributed by atoms with Gasteiger partial charge in [0.25, 0.3) is 0 Å². The number of aromatic nitrogens is 3.